The van der Waals surface area contributed by atoms with Crippen LogP contribution in [0.4, 0.5) is 0 Å². The molecule has 1 aliphatic rings. The Balaban J connectivity index is 2.53. The summed E-state index contributed by atoms with van der Waals surface area (Å²) in [4.78, 5) is 13.3. The standard InChI is InChI=1S/C9H16N2O2/c1-3-8-6-10-4-5-11(8)9(12)7-13-2/h3,8,10H,1,4-7H2,2H3. The van der Waals surface area contributed by atoms with Gasteiger partial charge in [-0.1, -0.05) is 6.08 Å². The van der Waals surface area contributed by atoms with Gasteiger partial charge in [-0.15, -0.1) is 6.58 Å². The molecule has 1 atom stereocenters. The molecule has 1 saturated heterocycles. The SMILES string of the molecule is C=CC1CNCCN1C(=O)COC. The van der Waals surface area contributed by atoms with Crippen LogP contribution in [0.1, 0.15) is 0 Å². The maximum absolute atomic E-state index is 11.5. The summed E-state index contributed by atoms with van der Waals surface area (Å²) >= 11 is 0. The first-order chi connectivity index (χ1) is 6.29. The van der Waals surface area contributed by atoms with Crippen LogP contribution >= 0.6 is 0 Å². The molecule has 1 rings (SSSR count). The zero-order valence-electron chi connectivity index (χ0n) is 7.95. The van der Waals surface area contributed by atoms with Crippen LogP contribution in [0.5, 0.6) is 0 Å². The second-order valence-corrected chi connectivity index (χ2v) is 3.03. The molecule has 4 nitrogen and oxygen atoms in total. The summed E-state index contributed by atoms with van der Waals surface area (Å²) in [6.07, 6.45) is 1.79. The molecule has 1 heterocycles. The van der Waals surface area contributed by atoms with E-state index in [-0.39, 0.29) is 18.6 Å². The molecule has 1 unspecified atom stereocenters. The fourth-order valence-corrected chi connectivity index (χ4v) is 1.45. The van der Waals surface area contributed by atoms with Crippen molar-refractivity contribution in [2.45, 2.75) is 6.04 Å². The number of rotatable bonds is 3. The lowest BCUT2D eigenvalue weighted by Crippen LogP contribution is -2.53. The van der Waals surface area contributed by atoms with Crippen LogP contribution in [0.15, 0.2) is 12.7 Å². The monoisotopic (exact) mass is 184 g/mol. The van der Waals surface area contributed by atoms with Gasteiger partial charge in [-0.05, 0) is 0 Å². The predicted octanol–water partition coefficient (Wildman–Crippen LogP) is -0.381. The number of piperazine rings is 1. The molecule has 0 bridgehead atoms. The van der Waals surface area contributed by atoms with Crippen molar-refractivity contribution in [3.05, 3.63) is 12.7 Å². The molecule has 0 aliphatic carbocycles. The number of hydrogen-bond donors (Lipinski definition) is 1. The Morgan fingerprint density at radius 1 is 1.85 bits per heavy atom. The molecule has 4 heteroatoms. The van der Waals surface area contributed by atoms with E-state index in [1.165, 1.54) is 7.11 Å². The van der Waals surface area contributed by atoms with Gasteiger partial charge in [0.15, 0.2) is 0 Å². The van der Waals surface area contributed by atoms with E-state index in [2.05, 4.69) is 11.9 Å². The lowest BCUT2D eigenvalue weighted by Gasteiger charge is -2.34. The van der Waals surface area contributed by atoms with Crippen molar-refractivity contribution >= 4 is 5.91 Å². The van der Waals surface area contributed by atoms with Crippen molar-refractivity contribution < 1.29 is 9.53 Å². The zero-order chi connectivity index (χ0) is 9.68. The Bertz CT molecular complexity index is 194. The van der Waals surface area contributed by atoms with E-state index >= 15 is 0 Å². The predicted molar refractivity (Wildman–Crippen MR) is 50.4 cm³/mol. The number of hydrogen-bond acceptors (Lipinski definition) is 3. The first-order valence-corrected chi connectivity index (χ1v) is 4.41. The highest BCUT2D eigenvalue weighted by Gasteiger charge is 2.23. The van der Waals surface area contributed by atoms with Gasteiger partial charge in [0.2, 0.25) is 5.91 Å². The normalized spacial score (nSPS) is 22.8. The van der Waals surface area contributed by atoms with Gasteiger partial charge in [-0.2, -0.15) is 0 Å². The van der Waals surface area contributed by atoms with Crippen molar-refractivity contribution in [3.8, 4) is 0 Å². The average molecular weight is 184 g/mol. The number of carbonyl (C=O) groups excluding carboxylic acids is 1. The van der Waals surface area contributed by atoms with Gasteiger partial charge >= 0.3 is 0 Å². The topological polar surface area (TPSA) is 41.6 Å². The smallest absolute Gasteiger partial charge is 0.249 e. The second kappa shape index (κ2) is 4.99. The molecular weight excluding hydrogens is 168 g/mol. The minimum Gasteiger partial charge on any atom is -0.375 e. The number of methoxy groups -OCH3 is 1. The summed E-state index contributed by atoms with van der Waals surface area (Å²) in [7, 11) is 1.53. The van der Waals surface area contributed by atoms with E-state index in [4.69, 9.17) is 4.74 Å². The minimum atomic E-state index is 0.0360. The Labute approximate surface area is 78.5 Å². The number of nitrogens with one attached hydrogen (secondary N) is 1. The fraction of sp³-hybridized carbons (Fsp3) is 0.667. The molecule has 0 aromatic rings. The molecule has 74 valence electrons. The number of nitrogens with zero attached hydrogens (tertiary/aromatic N) is 1. The maximum atomic E-state index is 11.5. The molecule has 0 saturated carbocycles. The second-order valence-electron chi connectivity index (χ2n) is 3.03. The van der Waals surface area contributed by atoms with Gasteiger partial charge in [0, 0.05) is 26.7 Å². The number of carbonyl (C=O) groups is 1. The molecule has 0 aromatic heterocycles. The highest BCUT2D eigenvalue weighted by atomic mass is 16.5. The number of ether oxygens (including phenoxy) is 1. The fourth-order valence-electron chi connectivity index (χ4n) is 1.45. The highest BCUT2D eigenvalue weighted by molar-refractivity contribution is 5.78. The van der Waals surface area contributed by atoms with Gasteiger partial charge < -0.3 is 15.0 Å². The van der Waals surface area contributed by atoms with E-state index in [9.17, 15) is 4.79 Å². The van der Waals surface area contributed by atoms with E-state index in [0.717, 1.165) is 19.6 Å². The van der Waals surface area contributed by atoms with Crippen LogP contribution in [-0.2, 0) is 9.53 Å². The molecule has 1 fully saturated rings. The van der Waals surface area contributed by atoms with Crippen molar-refractivity contribution in [1.29, 1.82) is 0 Å². The Hall–Kier alpha value is -0.870. The molecular formula is C9H16N2O2. The minimum absolute atomic E-state index is 0.0360. The summed E-state index contributed by atoms with van der Waals surface area (Å²) in [6, 6.07) is 0.108. The lowest BCUT2D eigenvalue weighted by atomic mass is 10.2. The Morgan fingerprint density at radius 2 is 2.62 bits per heavy atom. The third-order valence-corrected chi connectivity index (χ3v) is 2.14. The van der Waals surface area contributed by atoms with Crippen LogP contribution < -0.4 is 5.32 Å². The van der Waals surface area contributed by atoms with E-state index < -0.39 is 0 Å². The molecule has 0 spiro atoms. The summed E-state index contributed by atoms with van der Waals surface area (Å²) < 4.78 is 4.80. The van der Waals surface area contributed by atoms with Crippen molar-refractivity contribution in [2.24, 2.45) is 0 Å². The zero-order valence-corrected chi connectivity index (χ0v) is 7.95. The van der Waals surface area contributed by atoms with Gasteiger partial charge in [0.05, 0.1) is 6.04 Å². The Kier molecular flexibility index (Phi) is 3.92. The van der Waals surface area contributed by atoms with Crippen LogP contribution in [-0.4, -0.2) is 50.2 Å². The summed E-state index contributed by atoms with van der Waals surface area (Å²) in [6.45, 7) is 6.23. The van der Waals surface area contributed by atoms with Crippen LogP contribution in [0.3, 0.4) is 0 Å². The summed E-state index contributed by atoms with van der Waals surface area (Å²) in [5.74, 6) is 0.0360. The largest absolute Gasteiger partial charge is 0.375 e. The molecule has 0 aromatic carbocycles. The average Bonchev–Trinajstić information content (AvgIpc) is 2.18. The summed E-state index contributed by atoms with van der Waals surface area (Å²) in [5, 5.41) is 3.21. The molecule has 0 radical (unpaired) electrons. The van der Waals surface area contributed by atoms with E-state index in [1.54, 1.807) is 11.0 Å². The van der Waals surface area contributed by atoms with Crippen LogP contribution in [0.2, 0.25) is 0 Å². The van der Waals surface area contributed by atoms with Crippen molar-refractivity contribution in [1.82, 2.24) is 10.2 Å². The summed E-state index contributed by atoms with van der Waals surface area (Å²) in [5.41, 5.74) is 0. The van der Waals surface area contributed by atoms with Crippen LogP contribution in [0, 0.1) is 0 Å². The maximum Gasteiger partial charge on any atom is 0.249 e. The van der Waals surface area contributed by atoms with Crippen LogP contribution in [0.25, 0.3) is 0 Å². The molecule has 1 amide bonds. The molecule has 1 N–H and O–H groups in total. The van der Waals surface area contributed by atoms with Gasteiger partial charge in [0.1, 0.15) is 6.61 Å². The highest BCUT2D eigenvalue weighted by Crippen LogP contribution is 2.04. The molecule has 1 aliphatic heterocycles. The van der Waals surface area contributed by atoms with Crippen molar-refractivity contribution in [3.63, 3.8) is 0 Å². The van der Waals surface area contributed by atoms with Gasteiger partial charge in [0.25, 0.3) is 0 Å². The molecule has 13 heavy (non-hydrogen) atoms. The first kappa shape index (κ1) is 10.2. The lowest BCUT2D eigenvalue weighted by molar-refractivity contribution is -0.137. The van der Waals surface area contributed by atoms with Gasteiger partial charge in [-0.25, -0.2) is 0 Å². The van der Waals surface area contributed by atoms with E-state index in [0.29, 0.717) is 0 Å². The third-order valence-electron chi connectivity index (χ3n) is 2.14. The first-order valence-electron chi connectivity index (χ1n) is 4.41. The van der Waals surface area contributed by atoms with E-state index in [1.807, 2.05) is 0 Å². The Morgan fingerprint density at radius 3 is 3.23 bits per heavy atom. The van der Waals surface area contributed by atoms with Gasteiger partial charge in [-0.3, -0.25) is 4.79 Å². The van der Waals surface area contributed by atoms with Crippen molar-refractivity contribution in [2.75, 3.05) is 33.4 Å². The number of amides is 1. The quantitative estimate of drug-likeness (QED) is 0.608. The third kappa shape index (κ3) is 2.54.